The van der Waals surface area contributed by atoms with E-state index in [1.54, 1.807) is 0 Å². The molecule has 0 amide bonds. The SMILES string of the molecule is C=C(C(=O)O)C(Cl)(Cl)Cc1ccccc1. The van der Waals surface area contributed by atoms with Gasteiger partial charge >= 0.3 is 5.97 Å². The van der Waals surface area contributed by atoms with E-state index in [1.807, 2.05) is 30.3 Å². The minimum absolute atomic E-state index is 0.213. The van der Waals surface area contributed by atoms with Gasteiger partial charge in [-0.2, -0.15) is 0 Å². The zero-order valence-corrected chi connectivity index (χ0v) is 9.42. The summed E-state index contributed by atoms with van der Waals surface area (Å²) in [7, 11) is 0. The van der Waals surface area contributed by atoms with Crippen LogP contribution in [0.2, 0.25) is 0 Å². The molecule has 0 atom stereocenters. The van der Waals surface area contributed by atoms with Gasteiger partial charge in [-0.15, -0.1) is 0 Å². The smallest absolute Gasteiger partial charge is 0.334 e. The summed E-state index contributed by atoms with van der Waals surface area (Å²) in [5.74, 6) is -1.18. The summed E-state index contributed by atoms with van der Waals surface area (Å²) >= 11 is 11.8. The molecule has 15 heavy (non-hydrogen) atoms. The van der Waals surface area contributed by atoms with E-state index >= 15 is 0 Å². The van der Waals surface area contributed by atoms with E-state index in [2.05, 4.69) is 6.58 Å². The van der Waals surface area contributed by atoms with Gasteiger partial charge in [0.25, 0.3) is 0 Å². The van der Waals surface area contributed by atoms with Gasteiger partial charge in [-0.1, -0.05) is 60.1 Å². The van der Waals surface area contributed by atoms with Gasteiger partial charge in [0.2, 0.25) is 0 Å². The minimum atomic E-state index is -1.47. The van der Waals surface area contributed by atoms with Gasteiger partial charge in [-0.3, -0.25) is 0 Å². The van der Waals surface area contributed by atoms with Crippen molar-refractivity contribution in [1.29, 1.82) is 0 Å². The van der Waals surface area contributed by atoms with E-state index in [9.17, 15) is 4.79 Å². The number of aliphatic carboxylic acids is 1. The number of hydrogen-bond acceptors (Lipinski definition) is 1. The average Bonchev–Trinajstić information content (AvgIpc) is 2.17. The molecule has 0 saturated carbocycles. The van der Waals surface area contributed by atoms with Crippen LogP contribution in [0, 0.1) is 0 Å². The molecule has 0 aliphatic carbocycles. The van der Waals surface area contributed by atoms with Gasteiger partial charge in [0.15, 0.2) is 4.33 Å². The Bertz CT molecular complexity index is 371. The van der Waals surface area contributed by atoms with Crippen molar-refractivity contribution in [2.45, 2.75) is 10.8 Å². The molecule has 2 nitrogen and oxygen atoms in total. The van der Waals surface area contributed by atoms with Crippen LogP contribution >= 0.6 is 23.2 Å². The lowest BCUT2D eigenvalue weighted by molar-refractivity contribution is -0.132. The van der Waals surface area contributed by atoms with Gasteiger partial charge in [0.05, 0.1) is 5.57 Å². The summed E-state index contributed by atoms with van der Waals surface area (Å²) < 4.78 is -1.47. The molecule has 0 heterocycles. The molecule has 80 valence electrons. The largest absolute Gasteiger partial charge is 0.478 e. The Morgan fingerprint density at radius 3 is 2.33 bits per heavy atom. The Kier molecular flexibility index (Phi) is 3.77. The Balaban J connectivity index is 2.81. The molecule has 1 aromatic rings. The van der Waals surface area contributed by atoms with Crippen LogP contribution in [-0.2, 0) is 11.2 Å². The number of carboxylic acids is 1. The highest BCUT2D eigenvalue weighted by Crippen LogP contribution is 2.33. The number of benzene rings is 1. The Morgan fingerprint density at radius 1 is 1.33 bits per heavy atom. The topological polar surface area (TPSA) is 37.3 Å². The van der Waals surface area contributed by atoms with Crippen molar-refractivity contribution in [2.24, 2.45) is 0 Å². The maximum Gasteiger partial charge on any atom is 0.334 e. The van der Waals surface area contributed by atoms with Gasteiger partial charge in [0, 0.05) is 6.42 Å². The highest BCUT2D eigenvalue weighted by Gasteiger charge is 2.32. The van der Waals surface area contributed by atoms with Gasteiger partial charge in [-0.05, 0) is 5.56 Å². The minimum Gasteiger partial charge on any atom is -0.478 e. The van der Waals surface area contributed by atoms with Crippen molar-refractivity contribution < 1.29 is 9.90 Å². The molecule has 0 bridgehead atoms. The fourth-order valence-electron chi connectivity index (χ4n) is 1.12. The normalized spacial score (nSPS) is 11.1. The number of halogens is 2. The molecular weight excluding hydrogens is 235 g/mol. The van der Waals surface area contributed by atoms with Gasteiger partial charge < -0.3 is 5.11 Å². The van der Waals surface area contributed by atoms with E-state index < -0.39 is 10.3 Å². The van der Waals surface area contributed by atoms with Crippen molar-refractivity contribution in [2.75, 3.05) is 0 Å². The Hall–Kier alpha value is -0.990. The van der Waals surface area contributed by atoms with Crippen LogP contribution in [0.4, 0.5) is 0 Å². The maximum atomic E-state index is 10.7. The summed E-state index contributed by atoms with van der Waals surface area (Å²) in [5, 5.41) is 8.73. The van der Waals surface area contributed by atoms with Gasteiger partial charge in [0.1, 0.15) is 0 Å². The summed E-state index contributed by atoms with van der Waals surface area (Å²) in [4.78, 5) is 10.7. The Morgan fingerprint density at radius 2 is 1.87 bits per heavy atom. The second-order valence-corrected chi connectivity index (χ2v) is 4.63. The lowest BCUT2D eigenvalue weighted by Gasteiger charge is -2.19. The number of carboxylic acid groups (broad SMARTS) is 1. The monoisotopic (exact) mass is 244 g/mol. The number of hydrogen-bond donors (Lipinski definition) is 1. The quantitative estimate of drug-likeness (QED) is 0.653. The second-order valence-electron chi connectivity index (χ2n) is 3.15. The molecule has 0 spiro atoms. The standard InChI is InChI=1S/C11H10Cl2O2/c1-8(10(14)15)11(12,13)7-9-5-3-2-4-6-9/h2-6H,1,7H2,(H,14,15). The fraction of sp³-hybridized carbons (Fsp3) is 0.182. The van der Waals surface area contributed by atoms with Crippen molar-refractivity contribution in [3.05, 3.63) is 48.0 Å². The van der Waals surface area contributed by atoms with E-state index in [-0.39, 0.29) is 12.0 Å². The van der Waals surface area contributed by atoms with E-state index in [4.69, 9.17) is 28.3 Å². The first kappa shape index (κ1) is 12.1. The molecule has 4 heteroatoms. The molecular formula is C11H10Cl2O2. The summed E-state index contributed by atoms with van der Waals surface area (Å²) in [6.45, 7) is 3.36. The zero-order chi connectivity index (χ0) is 11.5. The third-order valence-electron chi connectivity index (χ3n) is 1.97. The lowest BCUT2D eigenvalue weighted by Crippen LogP contribution is -2.24. The molecule has 0 fully saturated rings. The lowest BCUT2D eigenvalue weighted by atomic mass is 10.0. The molecule has 0 saturated heterocycles. The molecule has 0 aromatic heterocycles. The first-order valence-electron chi connectivity index (χ1n) is 4.28. The first-order valence-corrected chi connectivity index (χ1v) is 5.03. The average molecular weight is 245 g/mol. The molecule has 0 radical (unpaired) electrons. The third kappa shape index (κ3) is 3.26. The molecule has 0 unspecified atom stereocenters. The van der Waals surface area contributed by atoms with Crippen LogP contribution in [0.1, 0.15) is 5.56 Å². The van der Waals surface area contributed by atoms with Crippen LogP contribution in [0.15, 0.2) is 42.5 Å². The van der Waals surface area contributed by atoms with Gasteiger partial charge in [-0.25, -0.2) is 4.79 Å². The predicted molar refractivity (Wildman–Crippen MR) is 61.4 cm³/mol. The van der Waals surface area contributed by atoms with Crippen molar-refractivity contribution in [3.8, 4) is 0 Å². The fourth-order valence-corrected chi connectivity index (χ4v) is 1.59. The van der Waals surface area contributed by atoms with Crippen LogP contribution in [0.25, 0.3) is 0 Å². The maximum absolute atomic E-state index is 10.7. The van der Waals surface area contributed by atoms with E-state index in [0.29, 0.717) is 0 Å². The zero-order valence-electron chi connectivity index (χ0n) is 7.91. The summed E-state index contributed by atoms with van der Waals surface area (Å²) in [6, 6.07) is 9.19. The second kappa shape index (κ2) is 4.69. The molecule has 1 N–H and O–H groups in total. The number of carbonyl (C=O) groups is 1. The third-order valence-corrected chi connectivity index (χ3v) is 2.69. The summed E-state index contributed by atoms with van der Waals surface area (Å²) in [6.07, 6.45) is 0.224. The summed E-state index contributed by atoms with van der Waals surface area (Å²) in [5.41, 5.74) is 0.652. The van der Waals surface area contributed by atoms with Crippen molar-refractivity contribution in [1.82, 2.24) is 0 Å². The van der Waals surface area contributed by atoms with Crippen molar-refractivity contribution in [3.63, 3.8) is 0 Å². The van der Waals surface area contributed by atoms with Crippen LogP contribution in [-0.4, -0.2) is 15.4 Å². The van der Waals surface area contributed by atoms with E-state index in [0.717, 1.165) is 5.56 Å². The Labute approximate surface area is 98.1 Å². The van der Waals surface area contributed by atoms with Crippen LogP contribution in [0.5, 0.6) is 0 Å². The molecule has 0 aliphatic heterocycles. The number of rotatable bonds is 4. The first-order chi connectivity index (χ1) is 6.93. The molecule has 0 aliphatic rings. The van der Waals surface area contributed by atoms with E-state index in [1.165, 1.54) is 0 Å². The predicted octanol–water partition coefficient (Wildman–Crippen LogP) is 3.04. The van der Waals surface area contributed by atoms with Crippen LogP contribution < -0.4 is 0 Å². The van der Waals surface area contributed by atoms with Crippen LogP contribution in [0.3, 0.4) is 0 Å². The number of alkyl halides is 2. The molecule has 1 rings (SSSR count). The highest BCUT2D eigenvalue weighted by atomic mass is 35.5. The van der Waals surface area contributed by atoms with Crippen molar-refractivity contribution >= 4 is 29.2 Å². The highest BCUT2D eigenvalue weighted by molar-refractivity contribution is 6.52. The molecule has 1 aromatic carbocycles.